The molecule has 0 N–H and O–H groups in total. The van der Waals surface area contributed by atoms with E-state index in [1.807, 2.05) is 5.38 Å². The van der Waals surface area contributed by atoms with E-state index in [1.165, 1.54) is 6.42 Å². The zero-order valence-electron chi connectivity index (χ0n) is 8.21. The maximum Gasteiger partial charge on any atom is 0.196 e. The lowest BCUT2D eigenvalue weighted by atomic mass is 10.1. The van der Waals surface area contributed by atoms with Gasteiger partial charge >= 0.3 is 0 Å². The van der Waals surface area contributed by atoms with Gasteiger partial charge in [0.25, 0.3) is 0 Å². The van der Waals surface area contributed by atoms with Crippen LogP contribution in [0.3, 0.4) is 0 Å². The number of carbonyl (C=O) groups is 1. The van der Waals surface area contributed by atoms with E-state index in [2.05, 4.69) is 18.8 Å². The van der Waals surface area contributed by atoms with E-state index in [-0.39, 0.29) is 11.7 Å². The Morgan fingerprint density at radius 3 is 2.93 bits per heavy atom. The van der Waals surface area contributed by atoms with E-state index >= 15 is 0 Å². The summed E-state index contributed by atoms with van der Waals surface area (Å²) in [5.74, 6) is 0.494. The zero-order valence-corrected chi connectivity index (χ0v) is 9.78. The Kier molecular flexibility index (Phi) is 2.40. The van der Waals surface area contributed by atoms with Gasteiger partial charge in [0.2, 0.25) is 0 Å². The van der Waals surface area contributed by atoms with Gasteiger partial charge in [-0.2, -0.15) is 0 Å². The summed E-state index contributed by atoms with van der Waals surface area (Å²) in [7, 11) is 0. The number of carbonyl (C=O) groups excluding carboxylic acids is 1. The molecule has 2 rings (SSSR count). The second-order valence-electron chi connectivity index (χ2n) is 4.37. The van der Waals surface area contributed by atoms with Crippen molar-refractivity contribution in [3.05, 3.63) is 16.1 Å². The highest BCUT2D eigenvalue weighted by atomic mass is 35.5. The number of hydrogen-bond acceptors (Lipinski definition) is 3. The zero-order chi connectivity index (χ0) is 10.3. The Morgan fingerprint density at radius 2 is 2.43 bits per heavy atom. The van der Waals surface area contributed by atoms with E-state index in [4.69, 9.17) is 11.6 Å². The maximum atomic E-state index is 11.2. The van der Waals surface area contributed by atoms with E-state index in [1.54, 1.807) is 11.3 Å². The third-order valence-electron chi connectivity index (χ3n) is 2.74. The number of nitrogens with zero attached hydrogens (tertiary/aromatic N) is 1. The number of Topliss-reactive ketones (excluding diaryl/α,β-unsaturated/α-hetero) is 1. The van der Waals surface area contributed by atoms with Gasteiger partial charge in [-0.05, 0) is 11.8 Å². The Hall–Kier alpha value is -0.410. The summed E-state index contributed by atoms with van der Waals surface area (Å²) in [6.07, 6.45) is 1.18. The molecule has 1 fully saturated rings. The Balaban J connectivity index is 2.15. The fourth-order valence-electron chi connectivity index (χ4n) is 1.53. The fourth-order valence-corrected chi connectivity index (χ4v) is 2.80. The third-order valence-corrected chi connectivity index (χ3v) is 3.94. The maximum absolute atomic E-state index is 11.2. The first-order valence-corrected chi connectivity index (χ1v) is 6.00. The quantitative estimate of drug-likeness (QED) is 0.589. The molecule has 14 heavy (non-hydrogen) atoms. The average Bonchev–Trinajstić information content (AvgIpc) is 2.64. The van der Waals surface area contributed by atoms with Crippen LogP contribution in [0.5, 0.6) is 0 Å². The highest BCUT2D eigenvalue weighted by Crippen LogP contribution is 2.59. The van der Waals surface area contributed by atoms with Gasteiger partial charge < -0.3 is 0 Å². The molecule has 1 atom stereocenters. The molecule has 76 valence electrons. The number of halogens is 1. The normalized spacial score (nSPS) is 23.5. The van der Waals surface area contributed by atoms with Crippen LogP contribution < -0.4 is 0 Å². The van der Waals surface area contributed by atoms with Crippen LogP contribution >= 0.6 is 22.9 Å². The number of hydrogen-bond donors (Lipinski definition) is 0. The van der Waals surface area contributed by atoms with Crippen molar-refractivity contribution in [2.45, 2.75) is 26.2 Å². The van der Waals surface area contributed by atoms with Crippen LogP contribution in [0.2, 0.25) is 0 Å². The lowest BCUT2D eigenvalue weighted by molar-refractivity contribution is 0.101. The molecule has 1 heterocycles. The summed E-state index contributed by atoms with van der Waals surface area (Å²) in [6.45, 7) is 4.45. The largest absolute Gasteiger partial charge is 0.291 e. The predicted molar refractivity (Wildman–Crippen MR) is 58.3 cm³/mol. The van der Waals surface area contributed by atoms with Gasteiger partial charge in [0.05, 0.1) is 10.9 Å². The summed E-state index contributed by atoms with van der Waals surface area (Å²) in [5, 5.41) is 2.90. The van der Waals surface area contributed by atoms with Crippen molar-refractivity contribution in [3.8, 4) is 0 Å². The first kappa shape index (κ1) is 10.1. The highest BCUT2D eigenvalue weighted by Gasteiger charge is 2.48. The van der Waals surface area contributed by atoms with E-state index in [0.717, 1.165) is 5.01 Å². The molecule has 1 aliphatic rings. The number of ketones is 1. The molecule has 0 saturated heterocycles. The minimum Gasteiger partial charge on any atom is -0.291 e. The van der Waals surface area contributed by atoms with Crippen molar-refractivity contribution >= 4 is 28.7 Å². The molecule has 0 spiro atoms. The molecule has 0 amide bonds. The molecule has 0 aromatic carbocycles. The molecular formula is C10H12ClNOS. The predicted octanol–water partition coefficient (Wildman–Crippen LogP) is 3.08. The minimum absolute atomic E-state index is 0.0250. The molecule has 2 nitrogen and oxygen atoms in total. The summed E-state index contributed by atoms with van der Waals surface area (Å²) in [4.78, 5) is 15.6. The molecule has 1 aliphatic carbocycles. The van der Waals surface area contributed by atoms with Gasteiger partial charge in [0, 0.05) is 11.3 Å². The van der Waals surface area contributed by atoms with Crippen molar-refractivity contribution < 1.29 is 4.79 Å². The Morgan fingerprint density at radius 1 is 1.79 bits per heavy atom. The second-order valence-corrected chi connectivity index (χ2v) is 5.53. The van der Waals surface area contributed by atoms with Crippen LogP contribution in [0.25, 0.3) is 0 Å². The lowest BCUT2D eigenvalue weighted by Crippen LogP contribution is -2.00. The molecule has 1 aromatic heterocycles. The number of alkyl halides is 1. The molecule has 0 bridgehead atoms. The van der Waals surface area contributed by atoms with Crippen LogP contribution in [0.4, 0.5) is 0 Å². The van der Waals surface area contributed by atoms with E-state index in [0.29, 0.717) is 17.0 Å². The number of thiazole rings is 1. The van der Waals surface area contributed by atoms with Gasteiger partial charge in [-0.25, -0.2) is 4.98 Å². The monoisotopic (exact) mass is 229 g/mol. The van der Waals surface area contributed by atoms with Crippen molar-refractivity contribution in [2.75, 3.05) is 5.88 Å². The summed E-state index contributed by atoms with van der Waals surface area (Å²) >= 11 is 7.04. The first-order chi connectivity index (χ1) is 6.54. The van der Waals surface area contributed by atoms with Crippen molar-refractivity contribution in [1.29, 1.82) is 0 Å². The molecule has 4 heteroatoms. The van der Waals surface area contributed by atoms with Gasteiger partial charge in [-0.3, -0.25) is 4.79 Å². The fraction of sp³-hybridized carbons (Fsp3) is 0.600. The van der Waals surface area contributed by atoms with Crippen LogP contribution in [0.1, 0.15) is 41.7 Å². The summed E-state index contributed by atoms with van der Waals surface area (Å²) in [5.41, 5.74) is 0.904. The molecule has 0 aliphatic heterocycles. The topological polar surface area (TPSA) is 30.0 Å². The molecule has 1 unspecified atom stereocenters. The molecule has 1 saturated carbocycles. The Labute approximate surface area is 92.3 Å². The standard InChI is InChI=1S/C10H12ClNOS/c1-10(2)3-6(10)9-12-7(5-14-9)8(13)4-11/h5-6H,3-4H2,1-2H3. The van der Waals surface area contributed by atoms with E-state index < -0.39 is 0 Å². The first-order valence-electron chi connectivity index (χ1n) is 4.59. The smallest absolute Gasteiger partial charge is 0.196 e. The number of rotatable bonds is 3. The van der Waals surface area contributed by atoms with Crippen molar-refractivity contribution in [3.63, 3.8) is 0 Å². The van der Waals surface area contributed by atoms with Gasteiger partial charge in [-0.1, -0.05) is 13.8 Å². The molecular weight excluding hydrogens is 218 g/mol. The minimum atomic E-state index is -0.0763. The molecule has 0 radical (unpaired) electrons. The van der Waals surface area contributed by atoms with Crippen molar-refractivity contribution in [1.82, 2.24) is 4.98 Å². The van der Waals surface area contributed by atoms with Gasteiger partial charge in [0.15, 0.2) is 5.78 Å². The van der Waals surface area contributed by atoms with Crippen LogP contribution in [-0.2, 0) is 0 Å². The van der Waals surface area contributed by atoms with E-state index in [9.17, 15) is 4.79 Å². The lowest BCUT2D eigenvalue weighted by Gasteiger charge is -1.97. The van der Waals surface area contributed by atoms with Crippen molar-refractivity contribution in [2.24, 2.45) is 5.41 Å². The Bertz CT molecular complexity index is 372. The van der Waals surface area contributed by atoms with Crippen LogP contribution in [0, 0.1) is 5.41 Å². The second kappa shape index (κ2) is 3.31. The van der Waals surface area contributed by atoms with Crippen LogP contribution in [-0.4, -0.2) is 16.6 Å². The molecule has 1 aromatic rings. The van der Waals surface area contributed by atoms with Crippen LogP contribution in [0.15, 0.2) is 5.38 Å². The van der Waals surface area contributed by atoms with Gasteiger partial charge in [0.1, 0.15) is 5.69 Å². The van der Waals surface area contributed by atoms with Gasteiger partial charge in [-0.15, -0.1) is 22.9 Å². The SMILES string of the molecule is CC1(C)CC1c1nc(C(=O)CCl)cs1. The third kappa shape index (κ3) is 1.71. The number of aromatic nitrogens is 1. The highest BCUT2D eigenvalue weighted by molar-refractivity contribution is 7.10. The summed E-state index contributed by atoms with van der Waals surface area (Å²) < 4.78 is 0. The average molecular weight is 230 g/mol. The summed E-state index contributed by atoms with van der Waals surface area (Å²) in [6, 6.07) is 0.